The van der Waals surface area contributed by atoms with Crippen LogP contribution in [0.2, 0.25) is 0 Å². The van der Waals surface area contributed by atoms with Crippen LogP contribution in [0.25, 0.3) is 0 Å². The summed E-state index contributed by atoms with van der Waals surface area (Å²) in [6.07, 6.45) is 6.93. The molecule has 102 valence electrons. The summed E-state index contributed by atoms with van der Waals surface area (Å²) in [6.45, 7) is 5.53. The number of carbonyl (C=O) groups excluding carboxylic acids is 1. The summed E-state index contributed by atoms with van der Waals surface area (Å²) >= 11 is 0. The van der Waals surface area contributed by atoms with Crippen molar-refractivity contribution in [3.8, 4) is 0 Å². The van der Waals surface area contributed by atoms with Crippen molar-refractivity contribution < 1.29 is 4.79 Å². The molecule has 2 fully saturated rings. The molecular weight excluding hydrogens is 226 g/mol. The smallest absolute Gasteiger partial charge is 0.233 e. The van der Waals surface area contributed by atoms with Gasteiger partial charge in [-0.15, -0.1) is 6.58 Å². The van der Waals surface area contributed by atoms with Crippen molar-refractivity contribution in [1.29, 1.82) is 0 Å². The van der Waals surface area contributed by atoms with Gasteiger partial charge in [0.15, 0.2) is 0 Å². The lowest BCUT2D eigenvalue weighted by Crippen LogP contribution is -2.44. The Morgan fingerprint density at radius 2 is 2.06 bits per heavy atom. The van der Waals surface area contributed by atoms with Crippen molar-refractivity contribution in [3.05, 3.63) is 12.7 Å². The Bertz CT molecular complexity index is 291. The van der Waals surface area contributed by atoms with Gasteiger partial charge in [0.1, 0.15) is 0 Å². The lowest BCUT2D eigenvalue weighted by Gasteiger charge is -2.36. The first-order chi connectivity index (χ1) is 8.70. The van der Waals surface area contributed by atoms with E-state index in [0.717, 1.165) is 18.6 Å². The summed E-state index contributed by atoms with van der Waals surface area (Å²) in [7, 11) is 2.25. The zero-order valence-corrected chi connectivity index (χ0v) is 11.3. The normalized spacial score (nSPS) is 31.3. The lowest BCUT2D eigenvalue weighted by molar-refractivity contribution is -0.120. The van der Waals surface area contributed by atoms with Crippen LogP contribution in [0.4, 0.5) is 0 Å². The maximum Gasteiger partial charge on any atom is 0.233 e. The molecule has 0 aromatic rings. The van der Waals surface area contributed by atoms with E-state index in [1.807, 2.05) is 0 Å². The summed E-state index contributed by atoms with van der Waals surface area (Å²) in [5, 5.41) is 6.06. The van der Waals surface area contributed by atoms with Gasteiger partial charge in [-0.3, -0.25) is 4.79 Å². The average molecular weight is 251 g/mol. The van der Waals surface area contributed by atoms with E-state index >= 15 is 0 Å². The first kappa shape index (κ1) is 13.6. The highest BCUT2D eigenvalue weighted by molar-refractivity contribution is 5.77. The van der Waals surface area contributed by atoms with Crippen molar-refractivity contribution in [2.24, 2.45) is 5.92 Å². The van der Waals surface area contributed by atoms with Gasteiger partial charge in [-0.2, -0.15) is 0 Å². The Morgan fingerprint density at radius 1 is 1.39 bits per heavy atom. The fourth-order valence-corrected chi connectivity index (χ4v) is 3.30. The van der Waals surface area contributed by atoms with E-state index in [1.165, 1.54) is 25.7 Å². The molecule has 0 radical (unpaired) electrons. The highest BCUT2D eigenvalue weighted by atomic mass is 16.1. The third-order valence-corrected chi connectivity index (χ3v) is 4.36. The quantitative estimate of drug-likeness (QED) is 0.541. The van der Waals surface area contributed by atoms with Crippen LogP contribution in [0, 0.1) is 5.92 Å². The average Bonchev–Trinajstić information content (AvgIpc) is 2.60. The molecule has 4 nitrogen and oxygen atoms in total. The second-order valence-corrected chi connectivity index (χ2v) is 5.61. The summed E-state index contributed by atoms with van der Waals surface area (Å²) in [5.41, 5.74) is 0. The number of rotatable bonds is 6. The molecule has 18 heavy (non-hydrogen) atoms. The zero-order valence-electron chi connectivity index (χ0n) is 11.3. The second kappa shape index (κ2) is 6.34. The number of amides is 1. The molecule has 0 aromatic heterocycles. The molecule has 2 N–H and O–H groups in total. The maximum atomic E-state index is 11.6. The molecule has 2 aliphatic heterocycles. The van der Waals surface area contributed by atoms with E-state index in [2.05, 4.69) is 29.2 Å². The molecule has 2 bridgehead atoms. The third kappa shape index (κ3) is 3.33. The highest BCUT2D eigenvalue weighted by Gasteiger charge is 2.38. The molecule has 2 atom stereocenters. The number of fused-ring (bicyclic) bond motifs is 2. The summed E-state index contributed by atoms with van der Waals surface area (Å²) in [4.78, 5) is 14.1. The molecule has 2 heterocycles. The van der Waals surface area contributed by atoms with E-state index in [1.54, 1.807) is 6.08 Å². The molecule has 2 unspecified atom stereocenters. The summed E-state index contributed by atoms with van der Waals surface area (Å²) < 4.78 is 0. The second-order valence-electron chi connectivity index (χ2n) is 5.61. The Morgan fingerprint density at radius 3 is 2.67 bits per heavy atom. The number of carbonyl (C=O) groups is 1. The van der Waals surface area contributed by atoms with Crippen LogP contribution in [0.5, 0.6) is 0 Å². The van der Waals surface area contributed by atoms with Crippen LogP contribution in [0.3, 0.4) is 0 Å². The van der Waals surface area contributed by atoms with Crippen molar-refractivity contribution in [3.63, 3.8) is 0 Å². The van der Waals surface area contributed by atoms with Crippen LogP contribution < -0.4 is 10.6 Å². The van der Waals surface area contributed by atoms with Crippen molar-refractivity contribution in [1.82, 2.24) is 15.5 Å². The molecule has 0 aliphatic carbocycles. The van der Waals surface area contributed by atoms with Gasteiger partial charge < -0.3 is 15.5 Å². The topological polar surface area (TPSA) is 44.4 Å². The minimum Gasteiger partial charge on any atom is -0.355 e. The van der Waals surface area contributed by atoms with Gasteiger partial charge in [0.25, 0.3) is 0 Å². The number of hydrogen-bond donors (Lipinski definition) is 2. The number of nitrogens with one attached hydrogen (secondary N) is 2. The van der Waals surface area contributed by atoms with Crippen LogP contribution in [-0.2, 0) is 4.79 Å². The van der Waals surface area contributed by atoms with E-state index < -0.39 is 0 Å². The minimum absolute atomic E-state index is 0.100. The number of nitrogens with zero attached hydrogens (tertiary/aromatic N) is 1. The van der Waals surface area contributed by atoms with E-state index in [4.69, 9.17) is 0 Å². The van der Waals surface area contributed by atoms with Crippen LogP contribution in [-0.4, -0.2) is 49.6 Å². The molecule has 0 saturated carbocycles. The van der Waals surface area contributed by atoms with Gasteiger partial charge in [0.05, 0.1) is 6.54 Å². The highest BCUT2D eigenvalue weighted by Crippen LogP contribution is 2.36. The van der Waals surface area contributed by atoms with Crippen molar-refractivity contribution >= 4 is 5.91 Å². The van der Waals surface area contributed by atoms with Gasteiger partial charge in [-0.1, -0.05) is 6.08 Å². The fraction of sp³-hybridized carbons (Fsp3) is 0.786. The Hall–Kier alpha value is -0.870. The van der Waals surface area contributed by atoms with Gasteiger partial charge in [-0.05, 0) is 38.6 Å². The van der Waals surface area contributed by atoms with Crippen LogP contribution >= 0.6 is 0 Å². The Balaban J connectivity index is 1.65. The predicted molar refractivity (Wildman–Crippen MR) is 73.4 cm³/mol. The van der Waals surface area contributed by atoms with Gasteiger partial charge in [-0.25, -0.2) is 0 Å². The monoisotopic (exact) mass is 251 g/mol. The number of hydrogen-bond acceptors (Lipinski definition) is 3. The predicted octanol–water partition coefficient (Wildman–Crippen LogP) is 0.751. The van der Waals surface area contributed by atoms with Crippen LogP contribution in [0.15, 0.2) is 12.7 Å². The number of piperidine rings is 1. The first-order valence-corrected chi connectivity index (χ1v) is 7.01. The van der Waals surface area contributed by atoms with E-state index in [9.17, 15) is 4.79 Å². The van der Waals surface area contributed by atoms with Crippen molar-refractivity contribution in [2.45, 2.75) is 37.8 Å². The van der Waals surface area contributed by atoms with Crippen LogP contribution in [0.1, 0.15) is 25.7 Å². The SMILES string of the molecule is C=CCNCC(=O)NCC1CC2CCC(C1)N2C. The zero-order chi connectivity index (χ0) is 13.0. The summed E-state index contributed by atoms with van der Waals surface area (Å²) in [5.74, 6) is 0.769. The minimum atomic E-state index is 0.100. The van der Waals surface area contributed by atoms with Crippen molar-refractivity contribution in [2.75, 3.05) is 26.7 Å². The molecule has 0 spiro atoms. The largest absolute Gasteiger partial charge is 0.355 e. The molecule has 2 saturated heterocycles. The first-order valence-electron chi connectivity index (χ1n) is 7.01. The van der Waals surface area contributed by atoms with Gasteiger partial charge in [0.2, 0.25) is 5.91 Å². The van der Waals surface area contributed by atoms with E-state index in [0.29, 0.717) is 19.0 Å². The standard InChI is InChI=1S/C14H25N3O/c1-3-6-15-10-14(18)16-9-11-7-12-4-5-13(8-11)17(12)2/h3,11-13,15H,1,4-10H2,2H3,(H,16,18). The molecule has 2 aliphatic rings. The Labute approximate surface area is 110 Å². The van der Waals surface area contributed by atoms with Gasteiger partial charge >= 0.3 is 0 Å². The fourth-order valence-electron chi connectivity index (χ4n) is 3.30. The van der Waals surface area contributed by atoms with E-state index in [-0.39, 0.29) is 5.91 Å². The Kier molecular flexibility index (Phi) is 4.78. The molecule has 1 amide bonds. The maximum absolute atomic E-state index is 11.6. The summed E-state index contributed by atoms with van der Waals surface area (Å²) in [6, 6.07) is 1.51. The lowest BCUT2D eigenvalue weighted by atomic mass is 9.91. The molecular formula is C14H25N3O. The van der Waals surface area contributed by atoms with Gasteiger partial charge in [0, 0.05) is 25.2 Å². The molecule has 4 heteroatoms. The molecule has 0 aromatic carbocycles. The molecule has 2 rings (SSSR count). The third-order valence-electron chi connectivity index (χ3n) is 4.36.